The number of rotatable bonds is 3. The van der Waals surface area contributed by atoms with Crippen molar-refractivity contribution in [1.29, 1.82) is 0 Å². The SMILES string of the molecule is CC(=O)c1cc(Cc2cccc(Cl)c2F)c(C)cc1C. The molecule has 2 rings (SSSR count). The zero-order chi connectivity index (χ0) is 14.9. The molecule has 0 amide bonds. The lowest BCUT2D eigenvalue weighted by Crippen LogP contribution is -2.02. The minimum Gasteiger partial charge on any atom is -0.295 e. The van der Waals surface area contributed by atoms with Crippen LogP contribution in [0.5, 0.6) is 0 Å². The third-order valence-corrected chi connectivity index (χ3v) is 3.77. The Labute approximate surface area is 123 Å². The van der Waals surface area contributed by atoms with E-state index in [4.69, 9.17) is 11.6 Å². The van der Waals surface area contributed by atoms with Crippen molar-refractivity contribution in [2.24, 2.45) is 0 Å². The minimum absolute atomic E-state index is 0.0234. The lowest BCUT2D eigenvalue weighted by Gasteiger charge is -2.11. The standard InChI is InChI=1S/C17H16ClFO/c1-10-7-11(2)15(12(3)20)9-14(10)8-13-5-4-6-16(18)17(13)19/h4-7,9H,8H2,1-3H3. The maximum Gasteiger partial charge on any atom is 0.160 e. The van der Waals surface area contributed by atoms with Crippen LogP contribution in [-0.4, -0.2) is 5.78 Å². The Hall–Kier alpha value is -1.67. The van der Waals surface area contributed by atoms with Crippen molar-refractivity contribution in [1.82, 2.24) is 0 Å². The number of ketones is 1. The third-order valence-electron chi connectivity index (χ3n) is 3.47. The number of benzene rings is 2. The Morgan fingerprint density at radius 2 is 1.85 bits per heavy atom. The molecule has 2 aromatic carbocycles. The second-order valence-corrected chi connectivity index (χ2v) is 5.45. The topological polar surface area (TPSA) is 17.1 Å². The van der Waals surface area contributed by atoms with E-state index < -0.39 is 5.82 Å². The van der Waals surface area contributed by atoms with E-state index >= 15 is 0 Å². The number of hydrogen-bond acceptors (Lipinski definition) is 1. The second kappa shape index (κ2) is 5.76. The molecular formula is C17H16ClFO. The van der Waals surface area contributed by atoms with Gasteiger partial charge in [-0.1, -0.05) is 29.8 Å². The number of Topliss-reactive ketones (excluding diaryl/α,β-unsaturated/α-hetero) is 1. The molecule has 0 aliphatic carbocycles. The molecule has 0 N–H and O–H groups in total. The monoisotopic (exact) mass is 290 g/mol. The van der Waals surface area contributed by atoms with E-state index in [0.717, 1.165) is 16.7 Å². The van der Waals surface area contributed by atoms with Crippen LogP contribution in [0.1, 0.15) is 39.5 Å². The van der Waals surface area contributed by atoms with E-state index in [-0.39, 0.29) is 10.8 Å². The highest BCUT2D eigenvalue weighted by Gasteiger charge is 2.12. The van der Waals surface area contributed by atoms with Crippen molar-refractivity contribution in [3.63, 3.8) is 0 Å². The Balaban J connectivity index is 2.46. The fourth-order valence-electron chi connectivity index (χ4n) is 2.36. The summed E-state index contributed by atoms with van der Waals surface area (Å²) in [6.07, 6.45) is 0.429. The summed E-state index contributed by atoms with van der Waals surface area (Å²) in [5, 5.41) is 0.124. The number of carbonyl (C=O) groups excluding carboxylic acids is 1. The van der Waals surface area contributed by atoms with E-state index in [1.165, 1.54) is 6.07 Å². The van der Waals surface area contributed by atoms with Crippen LogP contribution in [0.4, 0.5) is 4.39 Å². The Morgan fingerprint density at radius 3 is 2.50 bits per heavy atom. The zero-order valence-corrected chi connectivity index (χ0v) is 12.5. The summed E-state index contributed by atoms with van der Waals surface area (Å²) < 4.78 is 14.0. The predicted octanol–water partition coefficient (Wildman–Crippen LogP) is 4.89. The third kappa shape index (κ3) is 2.91. The molecule has 0 saturated heterocycles. The quantitative estimate of drug-likeness (QED) is 0.736. The Morgan fingerprint density at radius 1 is 1.15 bits per heavy atom. The van der Waals surface area contributed by atoms with E-state index in [1.54, 1.807) is 19.1 Å². The van der Waals surface area contributed by atoms with Gasteiger partial charge in [0.25, 0.3) is 0 Å². The van der Waals surface area contributed by atoms with Gasteiger partial charge in [0, 0.05) is 12.0 Å². The first-order valence-corrected chi connectivity index (χ1v) is 6.82. The molecule has 0 bridgehead atoms. The number of aryl methyl sites for hydroxylation is 2. The van der Waals surface area contributed by atoms with Gasteiger partial charge < -0.3 is 0 Å². The number of hydrogen-bond donors (Lipinski definition) is 0. The zero-order valence-electron chi connectivity index (χ0n) is 11.8. The predicted molar refractivity (Wildman–Crippen MR) is 80.1 cm³/mol. The molecule has 3 heteroatoms. The van der Waals surface area contributed by atoms with Crippen molar-refractivity contribution in [2.45, 2.75) is 27.2 Å². The molecule has 0 spiro atoms. The van der Waals surface area contributed by atoms with Gasteiger partial charge in [0.15, 0.2) is 5.78 Å². The summed E-state index contributed by atoms with van der Waals surface area (Å²) in [7, 11) is 0. The molecule has 0 heterocycles. The molecule has 0 unspecified atom stereocenters. The largest absolute Gasteiger partial charge is 0.295 e. The molecule has 0 aromatic heterocycles. The van der Waals surface area contributed by atoms with Crippen LogP contribution in [0.25, 0.3) is 0 Å². The average molecular weight is 291 g/mol. The first-order chi connectivity index (χ1) is 9.40. The van der Waals surface area contributed by atoms with Crippen molar-refractivity contribution >= 4 is 17.4 Å². The first-order valence-electron chi connectivity index (χ1n) is 6.44. The van der Waals surface area contributed by atoms with Crippen LogP contribution in [0, 0.1) is 19.7 Å². The van der Waals surface area contributed by atoms with Gasteiger partial charge >= 0.3 is 0 Å². The van der Waals surface area contributed by atoms with Gasteiger partial charge in [-0.3, -0.25) is 4.79 Å². The van der Waals surface area contributed by atoms with Crippen LogP contribution in [0.3, 0.4) is 0 Å². The number of carbonyl (C=O) groups is 1. The molecule has 0 aliphatic rings. The van der Waals surface area contributed by atoms with Gasteiger partial charge in [-0.15, -0.1) is 0 Å². The average Bonchev–Trinajstić information content (AvgIpc) is 2.37. The lowest BCUT2D eigenvalue weighted by atomic mass is 9.94. The normalized spacial score (nSPS) is 10.7. The highest BCUT2D eigenvalue weighted by molar-refractivity contribution is 6.30. The van der Waals surface area contributed by atoms with Crippen LogP contribution >= 0.6 is 11.6 Å². The molecule has 0 saturated carbocycles. The van der Waals surface area contributed by atoms with E-state index in [2.05, 4.69) is 0 Å². The highest BCUT2D eigenvalue weighted by Crippen LogP contribution is 2.24. The summed E-state index contributed by atoms with van der Waals surface area (Å²) in [4.78, 5) is 11.6. The van der Waals surface area contributed by atoms with Gasteiger partial charge in [-0.25, -0.2) is 4.39 Å². The molecule has 20 heavy (non-hydrogen) atoms. The lowest BCUT2D eigenvalue weighted by molar-refractivity contribution is 0.101. The van der Waals surface area contributed by atoms with Crippen molar-refractivity contribution in [2.75, 3.05) is 0 Å². The Bertz CT molecular complexity index is 677. The maximum atomic E-state index is 14.0. The second-order valence-electron chi connectivity index (χ2n) is 5.04. The van der Waals surface area contributed by atoms with Crippen LogP contribution < -0.4 is 0 Å². The molecule has 1 nitrogen and oxygen atoms in total. The summed E-state index contributed by atoms with van der Waals surface area (Å²) >= 11 is 5.80. The van der Waals surface area contributed by atoms with Gasteiger partial charge in [0.05, 0.1) is 5.02 Å². The molecule has 104 valence electrons. The fraction of sp³-hybridized carbons (Fsp3) is 0.235. The molecule has 2 aromatic rings. The summed E-state index contributed by atoms with van der Waals surface area (Å²) in [5.74, 6) is -0.367. The molecular weight excluding hydrogens is 275 g/mol. The van der Waals surface area contributed by atoms with E-state index in [0.29, 0.717) is 17.5 Å². The fourth-order valence-corrected chi connectivity index (χ4v) is 2.55. The van der Waals surface area contributed by atoms with Crippen molar-refractivity contribution < 1.29 is 9.18 Å². The van der Waals surface area contributed by atoms with Gasteiger partial charge in [-0.2, -0.15) is 0 Å². The molecule has 0 radical (unpaired) electrons. The van der Waals surface area contributed by atoms with Gasteiger partial charge in [0.1, 0.15) is 5.82 Å². The smallest absolute Gasteiger partial charge is 0.160 e. The van der Waals surface area contributed by atoms with E-state index in [9.17, 15) is 9.18 Å². The van der Waals surface area contributed by atoms with Crippen molar-refractivity contribution in [3.8, 4) is 0 Å². The van der Waals surface area contributed by atoms with Crippen LogP contribution in [-0.2, 0) is 6.42 Å². The first kappa shape index (κ1) is 14.7. The molecule has 0 atom stereocenters. The van der Waals surface area contributed by atoms with Crippen molar-refractivity contribution in [3.05, 3.63) is 69.0 Å². The summed E-state index contributed by atoms with van der Waals surface area (Å²) in [6.45, 7) is 5.42. The summed E-state index contributed by atoms with van der Waals surface area (Å²) in [5.41, 5.74) is 4.17. The maximum absolute atomic E-state index is 14.0. The minimum atomic E-state index is -0.390. The van der Waals surface area contributed by atoms with Gasteiger partial charge in [0.2, 0.25) is 0 Å². The molecule has 0 fully saturated rings. The van der Waals surface area contributed by atoms with E-state index in [1.807, 2.05) is 26.0 Å². The Kier molecular flexibility index (Phi) is 4.24. The summed E-state index contributed by atoms with van der Waals surface area (Å²) in [6, 6.07) is 8.80. The molecule has 0 aliphatic heterocycles. The number of halogens is 2. The van der Waals surface area contributed by atoms with Gasteiger partial charge in [-0.05, 0) is 55.2 Å². The van der Waals surface area contributed by atoms with Crippen LogP contribution in [0.2, 0.25) is 5.02 Å². The highest BCUT2D eigenvalue weighted by atomic mass is 35.5. The van der Waals surface area contributed by atoms with Crippen LogP contribution in [0.15, 0.2) is 30.3 Å².